The lowest BCUT2D eigenvalue weighted by Gasteiger charge is -2.30. The lowest BCUT2D eigenvalue weighted by molar-refractivity contribution is -0.142. The van der Waals surface area contributed by atoms with Gasteiger partial charge in [-0.15, -0.1) is 5.06 Å². The molecule has 0 bridgehead atoms. The number of benzene rings is 1. The van der Waals surface area contributed by atoms with Crippen LogP contribution in [-0.2, 0) is 19.2 Å². The van der Waals surface area contributed by atoms with E-state index >= 15 is 0 Å². The number of hydrogen-bond acceptors (Lipinski definition) is 9. The highest BCUT2D eigenvalue weighted by molar-refractivity contribution is 5.99. The molecule has 11 nitrogen and oxygen atoms in total. The number of ether oxygens (including phenoxy) is 1. The Balaban J connectivity index is 1.40. The minimum atomic E-state index is -0.852. The Morgan fingerprint density at radius 3 is 2.36 bits per heavy atom. The molecule has 3 unspecified atom stereocenters. The number of likely N-dealkylation sites (tertiary alicyclic amines) is 1. The molecule has 2 N–H and O–H groups in total. The van der Waals surface area contributed by atoms with Gasteiger partial charge in [-0.05, 0) is 48.9 Å². The first-order chi connectivity index (χ1) is 18.6. The maximum atomic E-state index is 13.7. The summed E-state index contributed by atoms with van der Waals surface area (Å²) in [7, 11) is 0. The van der Waals surface area contributed by atoms with Crippen molar-refractivity contribution in [3.63, 3.8) is 0 Å². The quantitative estimate of drug-likeness (QED) is 0.449. The molecule has 3 aliphatic rings. The lowest BCUT2D eigenvalue weighted by atomic mass is 10.0. The van der Waals surface area contributed by atoms with Crippen LogP contribution in [0.3, 0.4) is 0 Å². The summed E-state index contributed by atoms with van der Waals surface area (Å²) in [5.41, 5.74) is 1.54. The van der Waals surface area contributed by atoms with E-state index < -0.39 is 24.3 Å². The normalized spacial score (nSPS) is 22.3. The highest BCUT2D eigenvalue weighted by atomic mass is 16.8. The number of hydrogen-bond donors (Lipinski definition) is 2. The summed E-state index contributed by atoms with van der Waals surface area (Å²) >= 11 is 0. The number of carbonyl (C=O) groups is 4. The van der Waals surface area contributed by atoms with Gasteiger partial charge in [-0.2, -0.15) is 0 Å². The van der Waals surface area contributed by atoms with E-state index in [1.54, 1.807) is 12.1 Å². The van der Waals surface area contributed by atoms with Crippen LogP contribution in [0.1, 0.15) is 50.9 Å². The molecule has 3 fully saturated rings. The Labute approximate surface area is 230 Å². The molecular formula is C28H41N5O6. The molecule has 0 saturated carbocycles. The minimum Gasteiger partial charge on any atom is -0.433 e. The molecule has 0 aromatic heterocycles. The van der Waals surface area contributed by atoms with Gasteiger partial charge in [0.25, 0.3) is 5.91 Å². The standard InChI is InChI=1S/C28H41N5O6/c1-18(2)15-22(30-26(35)20-5-7-21(8-6-20)31-13-10-29-11-14-31)27(36)32-12-9-23-25(32)24(34)16-33(23)39-28(37)38-17-19(3)4/h5-8,18-19,22-23,25,29H,9-17H2,1-4H3,(H,30,35). The highest BCUT2D eigenvalue weighted by Crippen LogP contribution is 2.31. The molecule has 1 aromatic carbocycles. The molecule has 0 aliphatic carbocycles. The van der Waals surface area contributed by atoms with Gasteiger partial charge in [-0.1, -0.05) is 27.7 Å². The number of nitrogens with zero attached hydrogens (tertiary/aromatic N) is 3. The maximum absolute atomic E-state index is 13.7. The van der Waals surface area contributed by atoms with Crippen LogP contribution in [0.2, 0.25) is 0 Å². The number of rotatable bonds is 9. The molecule has 2 amide bonds. The van der Waals surface area contributed by atoms with Gasteiger partial charge in [0.05, 0.1) is 19.2 Å². The molecule has 0 spiro atoms. The van der Waals surface area contributed by atoms with Crippen molar-refractivity contribution in [2.75, 3.05) is 50.8 Å². The number of piperazine rings is 1. The van der Waals surface area contributed by atoms with Gasteiger partial charge >= 0.3 is 6.16 Å². The van der Waals surface area contributed by atoms with E-state index in [9.17, 15) is 19.2 Å². The smallest absolute Gasteiger partial charge is 0.433 e. The summed E-state index contributed by atoms with van der Waals surface area (Å²) in [6.45, 7) is 11.9. The maximum Gasteiger partial charge on any atom is 0.527 e. The Kier molecular flexibility index (Phi) is 9.45. The van der Waals surface area contributed by atoms with Crippen molar-refractivity contribution in [3.8, 4) is 0 Å². The Bertz CT molecular complexity index is 1040. The molecule has 1 aromatic rings. The number of carbonyl (C=O) groups excluding carboxylic acids is 4. The highest BCUT2D eigenvalue weighted by Gasteiger charge is 2.52. The molecule has 3 heterocycles. The minimum absolute atomic E-state index is 0.101. The summed E-state index contributed by atoms with van der Waals surface area (Å²) in [5, 5.41) is 7.58. The topological polar surface area (TPSA) is 121 Å². The molecule has 3 aliphatic heterocycles. The molecule has 0 radical (unpaired) electrons. The molecule has 3 atom stereocenters. The molecule has 39 heavy (non-hydrogen) atoms. The molecule has 3 saturated heterocycles. The van der Waals surface area contributed by atoms with Crippen LogP contribution in [0.5, 0.6) is 0 Å². The first-order valence-corrected chi connectivity index (χ1v) is 13.9. The second-order valence-corrected chi connectivity index (χ2v) is 11.4. The predicted molar refractivity (Wildman–Crippen MR) is 145 cm³/mol. The van der Waals surface area contributed by atoms with Crippen LogP contribution in [0.25, 0.3) is 0 Å². The van der Waals surface area contributed by atoms with Crippen molar-refractivity contribution < 1.29 is 28.8 Å². The number of amides is 2. The summed E-state index contributed by atoms with van der Waals surface area (Å²) in [6.07, 6.45) is 0.0673. The Morgan fingerprint density at radius 1 is 1.03 bits per heavy atom. The summed E-state index contributed by atoms with van der Waals surface area (Å²) in [4.78, 5) is 61.0. The number of nitrogens with one attached hydrogen (secondary N) is 2. The third-order valence-electron chi connectivity index (χ3n) is 7.31. The number of Topliss-reactive ketones (excluding diaryl/α,β-unsaturated/α-hetero) is 1. The van der Waals surface area contributed by atoms with E-state index in [1.165, 1.54) is 9.96 Å². The zero-order chi connectivity index (χ0) is 28.1. The van der Waals surface area contributed by atoms with Crippen molar-refractivity contribution in [1.82, 2.24) is 20.6 Å². The van der Waals surface area contributed by atoms with E-state index in [0.29, 0.717) is 24.9 Å². The Hall–Kier alpha value is -3.18. The predicted octanol–water partition coefficient (Wildman–Crippen LogP) is 1.82. The van der Waals surface area contributed by atoms with Gasteiger partial charge < -0.3 is 30.0 Å². The molecular weight excluding hydrogens is 502 g/mol. The van der Waals surface area contributed by atoms with Crippen LogP contribution >= 0.6 is 0 Å². The molecule has 4 rings (SSSR count). The second-order valence-electron chi connectivity index (χ2n) is 11.4. The van der Waals surface area contributed by atoms with Gasteiger partial charge in [-0.3, -0.25) is 14.4 Å². The van der Waals surface area contributed by atoms with Crippen molar-refractivity contribution in [2.45, 2.75) is 58.7 Å². The van der Waals surface area contributed by atoms with Crippen molar-refractivity contribution in [3.05, 3.63) is 29.8 Å². The Morgan fingerprint density at radius 2 is 1.72 bits per heavy atom. The fourth-order valence-corrected chi connectivity index (χ4v) is 5.42. The second kappa shape index (κ2) is 12.8. The summed E-state index contributed by atoms with van der Waals surface area (Å²) in [6, 6.07) is 5.50. The third-order valence-corrected chi connectivity index (χ3v) is 7.31. The van der Waals surface area contributed by atoms with Gasteiger partial charge in [0, 0.05) is 44.0 Å². The molecule has 11 heteroatoms. The van der Waals surface area contributed by atoms with Crippen LogP contribution in [0.4, 0.5) is 10.5 Å². The molecule has 214 valence electrons. The monoisotopic (exact) mass is 543 g/mol. The fraction of sp³-hybridized carbons (Fsp3) is 0.643. The van der Waals surface area contributed by atoms with Crippen molar-refractivity contribution in [1.29, 1.82) is 0 Å². The van der Waals surface area contributed by atoms with Crippen LogP contribution in [0.15, 0.2) is 24.3 Å². The van der Waals surface area contributed by atoms with Gasteiger partial charge in [0.15, 0.2) is 5.78 Å². The first kappa shape index (κ1) is 28.8. The average Bonchev–Trinajstić information content (AvgIpc) is 3.48. The van der Waals surface area contributed by atoms with Crippen LogP contribution in [-0.4, -0.2) is 97.7 Å². The zero-order valence-electron chi connectivity index (χ0n) is 23.4. The van der Waals surface area contributed by atoms with E-state index in [-0.39, 0.29) is 42.6 Å². The van der Waals surface area contributed by atoms with Crippen LogP contribution < -0.4 is 15.5 Å². The van der Waals surface area contributed by atoms with Gasteiger partial charge in [0.1, 0.15) is 12.1 Å². The van der Waals surface area contributed by atoms with Crippen molar-refractivity contribution >= 4 is 29.4 Å². The van der Waals surface area contributed by atoms with E-state index in [4.69, 9.17) is 9.57 Å². The summed E-state index contributed by atoms with van der Waals surface area (Å²) < 4.78 is 5.09. The van der Waals surface area contributed by atoms with Gasteiger partial charge in [0.2, 0.25) is 5.91 Å². The number of hydroxylamine groups is 2. The number of fused-ring (bicyclic) bond motifs is 1. The van der Waals surface area contributed by atoms with Gasteiger partial charge in [-0.25, -0.2) is 4.79 Å². The summed E-state index contributed by atoms with van der Waals surface area (Å²) in [5.74, 6) is -0.515. The van der Waals surface area contributed by atoms with E-state index in [0.717, 1.165) is 31.9 Å². The van der Waals surface area contributed by atoms with E-state index in [1.807, 2.05) is 39.8 Å². The first-order valence-electron chi connectivity index (χ1n) is 13.9. The third kappa shape index (κ3) is 7.07. The lowest BCUT2D eigenvalue weighted by Crippen LogP contribution is -2.52. The fourth-order valence-electron chi connectivity index (χ4n) is 5.42. The SMILES string of the molecule is CC(C)COC(=O)ON1CC(=O)C2C1CCN2C(=O)C(CC(C)C)NC(=O)c1ccc(N2CCNCC2)cc1. The average molecular weight is 544 g/mol. The van der Waals surface area contributed by atoms with E-state index in [2.05, 4.69) is 15.5 Å². The number of anilines is 1. The number of ketones is 1. The largest absolute Gasteiger partial charge is 0.527 e. The zero-order valence-corrected chi connectivity index (χ0v) is 23.4. The van der Waals surface area contributed by atoms with Crippen LogP contribution in [0, 0.1) is 11.8 Å². The van der Waals surface area contributed by atoms with Crippen molar-refractivity contribution in [2.24, 2.45) is 11.8 Å².